The summed E-state index contributed by atoms with van der Waals surface area (Å²) in [4.78, 5) is 18.9. The Labute approximate surface area is 165 Å². The average molecular weight is 392 g/mol. The van der Waals surface area contributed by atoms with Crippen molar-refractivity contribution in [2.75, 3.05) is 20.3 Å². The lowest BCUT2D eigenvalue weighted by molar-refractivity contribution is 0.142. The van der Waals surface area contributed by atoms with E-state index in [2.05, 4.69) is 10.3 Å². The van der Waals surface area contributed by atoms with Gasteiger partial charge in [0, 0.05) is 24.6 Å². The summed E-state index contributed by atoms with van der Waals surface area (Å²) >= 11 is 1.54. The maximum absolute atomic E-state index is 12.5. The van der Waals surface area contributed by atoms with E-state index in [0.717, 1.165) is 22.0 Å². The largest absolute Gasteiger partial charge is 0.486 e. The smallest absolute Gasteiger partial charge is 0.318 e. The summed E-state index contributed by atoms with van der Waals surface area (Å²) in [6, 6.07) is 7.82. The molecule has 0 aliphatic carbocycles. The van der Waals surface area contributed by atoms with Crippen molar-refractivity contribution in [2.24, 2.45) is 0 Å². The second kappa shape index (κ2) is 9.71. The number of nitrogens with one attached hydrogen (secondary N) is 1. The zero-order chi connectivity index (χ0) is 19.9. The molecule has 0 saturated heterocycles. The van der Waals surface area contributed by atoms with Gasteiger partial charge in [0.15, 0.2) is 0 Å². The predicted octanol–water partition coefficient (Wildman–Crippen LogP) is 3.99. The number of thiazole rings is 1. The molecule has 0 aliphatic rings. The highest BCUT2D eigenvalue weighted by atomic mass is 32.1. The van der Waals surface area contributed by atoms with Crippen molar-refractivity contribution in [1.29, 1.82) is 0 Å². The highest BCUT2D eigenvalue weighted by Crippen LogP contribution is 2.17. The molecule has 0 fully saturated rings. The van der Waals surface area contributed by atoms with Crippen LogP contribution in [0.2, 0.25) is 0 Å². The maximum atomic E-state index is 12.5. The van der Waals surface area contributed by atoms with Crippen molar-refractivity contribution in [2.45, 2.75) is 46.4 Å². The normalized spacial score (nSPS) is 11.3. The second-order valence-electron chi connectivity index (χ2n) is 7.43. The molecule has 7 heteroatoms. The maximum Gasteiger partial charge on any atom is 0.318 e. The van der Waals surface area contributed by atoms with Crippen molar-refractivity contribution >= 4 is 17.4 Å². The molecule has 2 aromatic rings. The van der Waals surface area contributed by atoms with Gasteiger partial charge in [0.25, 0.3) is 0 Å². The van der Waals surface area contributed by atoms with E-state index in [1.165, 1.54) is 11.3 Å². The van der Waals surface area contributed by atoms with Crippen LogP contribution in [-0.4, -0.2) is 41.7 Å². The van der Waals surface area contributed by atoms with Crippen LogP contribution in [0.4, 0.5) is 4.79 Å². The number of nitrogens with zero attached hydrogens (tertiary/aromatic N) is 2. The van der Waals surface area contributed by atoms with Crippen LogP contribution in [0.3, 0.4) is 0 Å². The fourth-order valence-corrected chi connectivity index (χ4v) is 3.08. The summed E-state index contributed by atoms with van der Waals surface area (Å²) in [6.45, 7) is 9.75. The van der Waals surface area contributed by atoms with Crippen LogP contribution in [0.5, 0.6) is 5.75 Å². The van der Waals surface area contributed by atoms with E-state index < -0.39 is 0 Å². The number of carbonyl (C=O) groups is 1. The molecule has 0 spiro atoms. The highest BCUT2D eigenvalue weighted by molar-refractivity contribution is 7.09. The van der Waals surface area contributed by atoms with Gasteiger partial charge in [-0.3, -0.25) is 0 Å². The minimum absolute atomic E-state index is 0.120. The summed E-state index contributed by atoms with van der Waals surface area (Å²) < 4.78 is 10.9. The van der Waals surface area contributed by atoms with Crippen LogP contribution in [0.1, 0.15) is 37.0 Å². The minimum Gasteiger partial charge on any atom is -0.486 e. The summed E-state index contributed by atoms with van der Waals surface area (Å²) in [5.74, 6) is 0.832. The summed E-state index contributed by atoms with van der Waals surface area (Å²) in [5, 5.41) is 5.84. The Morgan fingerprint density at radius 3 is 2.78 bits per heavy atom. The minimum atomic E-state index is -0.294. The van der Waals surface area contributed by atoms with E-state index in [1.54, 1.807) is 12.0 Å². The zero-order valence-electron chi connectivity index (χ0n) is 16.7. The number of ether oxygens (including phenoxy) is 2. The van der Waals surface area contributed by atoms with Crippen LogP contribution < -0.4 is 10.1 Å². The van der Waals surface area contributed by atoms with Crippen molar-refractivity contribution in [3.8, 4) is 5.75 Å². The first kappa shape index (κ1) is 21.2. The number of aromatic nitrogens is 1. The lowest BCUT2D eigenvalue weighted by Gasteiger charge is -2.28. The van der Waals surface area contributed by atoms with E-state index in [9.17, 15) is 4.79 Å². The highest BCUT2D eigenvalue weighted by Gasteiger charge is 2.20. The van der Waals surface area contributed by atoms with Gasteiger partial charge >= 0.3 is 6.03 Å². The molecular formula is C20H29N3O3S. The Morgan fingerprint density at radius 2 is 2.11 bits per heavy atom. The van der Waals surface area contributed by atoms with Gasteiger partial charge in [-0.05, 0) is 45.4 Å². The number of aryl methyl sites for hydroxylation is 1. The Kier molecular flexibility index (Phi) is 7.62. The van der Waals surface area contributed by atoms with Crippen LogP contribution in [0.15, 0.2) is 29.6 Å². The molecule has 0 radical (unpaired) electrons. The molecule has 0 atom stereocenters. The number of rotatable bonds is 8. The molecule has 0 unspecified atom stereocenters. The number of methoxy groups -OCH3 is 1. The third-order valence-electron chi connectivity index (χ3n) is 3.64. The van der Waals surface area contributed by atoms with E-state index in [-0.39, 0.29) is 11.6 Å². The molecule has 2 amide bonds. The monoisotopic (exact) mass is 391 g/mol. The van der Waals surface area contributed by atoms with Gasteiger partial charge in [0.2, 0.25) is 0 Å². The molecule has 0 saturated carbocycles. The summed E-state index contributed by atoms with van der Waals surface area (Å²) in [6.07, 6.45) is 0. The second-order valence-corrected chi connectivity index (χ2v) is 8.37. The van der Waals surface area contributed by atoms with Crippen LogP contribution >= 0.6 is 11.3 Å². The average Bonchev–Trinajstić information content (AvgIpc) is 3.03. The third-order valence-corrected chi connectivity index (χ3v) is 4.51. The molecule has 6 nitrogen and oxygen atoms in total. The number of hydrogen-bond donors (Lipinski definition) is 1. The first-order valence-corrected chi connectivity index (χ1v) is 9.83. The molecule has 1 aromatic heterocycles. The molecular weight excluding hydrogens is 362 g/mol. The van der Waals surface area contributed by atoms with E-state index in [1.807, 2.05) is 57.3 Å². The van der Waals surface area contributed by atoms with Gasteiger partial charge in [-0.2, -0.15) is 0 Å². The molecule has 0 aliphatic heterocycles. The standard InChI is InChI=1S/C20H29N3O3S/c1-15-7-6-8-17(11-15)26-13-18-21-16(14-27-18)12-23(9-10-25-5)19(24)22-20(2,3)4/h6-8,11,14H,9-10,12-13H2,1-5H3,(H,22,24). The van der Waals surface area contributed by atoms with Gasteiger partial charge in [-0.1, -0.05) is 12.1 Å². The molecule has 1 aromatic carbocycles. The molecule has 2 rings (SSSR count). The molecule has 27 heavy (non-hydrogen) atoms. The predicted molar refractivity (Wildman–Crippen MR) is 108 cm³/mol. The lowest BCUT2D eigenvalue weighted by atomic mass is 10.1. The molecule has 148 valence electrons. The van der Waals surface area contributed by atoms with Gasteiger partial charge in [0.05, 0.1) is 18.8 Å². The molecule has 1 N–H and O–H groups in total. The van der Waals surface area contributed by atoms with E-state index in [0.29, 0.717) is 26.3 Å². The Bertz CT molecular complexity index is 740. The third kappa shape index (κ3) is 7.56. The Hall–Kier alpha value is -2.12. The summed E-state index contributed by atoms with van der Waals surface area (Å²) in [7, 11) is 1.63. The molecule has 0 bridgehead atoms. The number of carbonyl (C=O) groups excluding carboxylic acids is 1. The SMILES string of the molecule is COCCN(Cc1csc(COc2cccc(C)c2)n1)C(=O)NC(C)(C)C. The van der Waals surface area contributed by atoms with E-state index in [4.69, 9.17) is 9.47 Å². The molecule has 1 heterocycles. The number of benzene rings is 1. The van der Waals surface area contributed by atoms with E-state index >= 15 is 0 Å². The fraction of sp³-hybridized carbons (Fsp3) is 0.500. The lowest BCUT2D eigenvalue weighted by Crippen LogP contribution is -2.49. The van der Waals surface area contributed by atoms with Crippen molar-refractivity contribution in [3.63, 3.8) is 0 Å². The van der Waals surface area contributed by atoms with Gasteiger partial charge < -0.3 is 19.7 Å². The number of urea groups is 1. The van der Waals surface area contributed by atoms with Gasteiger partial charge in [-0.25, -0.2) is 9.78 Å². The summed E-state index contributed by atoms with van der Waals surface area (Å²) in [5.41, 5.74) is 1.71. The van der Waals surface area contributed by atoms with Crippen molar-refractivity contribution in [3.05, 3.63) is 45.9 Å². The van der Waals surface area contributed by atoms with Crippen LogP contribution in [0.25, 0.3) is 0 Å². The van der Waals surface area contributed by atoms with Gasteiger partial charge in [-0.15, -0.1) is 11.3 Å². The van der Waals surface area contributed by atoms with Crippen molar-refractivity contribution < 1.29 is 14.3 Å². The zero-order valence-corrected chi connectivity index (χ0v) is 17.6. The number of amides is 2. The first-order valence-electron chi connectivity index (χ1n) is 8.95. The quantitative estimate of drug-likeness (QED) is 0.739. The van der Waals surface area contributed by atoms with Gasteiger partial charge in [0.1, 0.15) is 17.4 Å². The first-order chi connectivity index (χ1) is 12.8. The number of hydrogen-bond acceptors (Lipinski definition) is 5. The van der Waals surface area contributed by atoms with Crippen molar-refractivity contribution in [1.82, 2.24) is 15.2 Å². The fourth-order valence-electron chi connectivity index (χ4n) is 2.39. The van der Waals surface area contributed by atoms with Crippen LogP contribution in [-0.2, 0) is 17.9 Å². The van der Waals surface area contributed by atoms with Crippen LogP contribution in [0, 0.1) is 6.92 Å². The topological polar surface area (TPSA) is 63.7 Å². The Balaban J connectivity index is 1.96. The Morgan fingerprint density at radius 1 is 1.33 bits per heavy atom.